The molecule has 136 valence electrons. The summed E-state index contributed by atoms with van der Waals surface area (Å²) in [7, 11) is 0. The first-order chi connectivity index (χ1) is 12.5. The Kier molecular flexibility index (Phi) is 5.51. The zero-order chi connectivity index (χ0) is 18.5. The van der Waals surface area contributed by atoms with Crippen molar-refractivity contribution in [2.24, 2.45) is 5.73 Å². The Labute approximate surface area is 151 Å². The molecular formula is C20H21FN2O3. The van der Waals surface area contributed by atoms with E-state index in [1.807, 2.05) is 0 Å². The van der Waals surface area contributed by atoms with Crippen LogP contribution in [0, 0.1) is 5.82 Å². The largest absolute Gasteiger partial charge is 0.412 e. The summed E-state index contributed by atoms with van der Waals surface area (Å²) in [6, 6.07) is 11.0. The molecule has 6 heteroatoms. The van der Waals surface area contributed by atoms with Gasteiger partial charge in [0.1, 0.15) is 0 Å². The van der Waals surface area contributed by atoms with E-state index in [0.29, 0.717) is 5.56 Å². The molecule has 1 saturated carbocycles. The lowest BCUT2D eigenvalue weighted by Crippen LogP contribution is -2.38. The van der Waals surface area contributed by atoms with E-state index in [1.165, 1.54) is 18.6 Å². The molecule has 3 N–H and O–H groups in total. The van der Waals surface area contributed by atoms with Gasteiger partial charge in [0.2, 0.25) is 5.91 Å². The summed E-state index contributed by atoms with van der Waals surface area (Å²) >= 11 is 0. The summed E-state index contributed by atoms with van der Waals surface area (Å²) in [5, 5.41) is 2.79. The Morgan fingerprint density at radius 2 is 1.81 bits per heavy atom. The predicted molar refractivity (Wildman–Crippen MR) is 96.4 cm³/mol. The van der Waals surface area contributed by atoms with Gasteiger partial charge in [-0.2, -0.15) is 0 Å². The number of ether oxygens (including phenoxy) is 1. The van der Waals surface area contributed by atoms with Crippen molar-refractivity contribution in [1.82, 2.24) is 5.32 Å². The summed E-state index contributed by atoms with van der Waals surface area (Å²) in [5.74, 6) is -1.40. The van der Waals surface area contributed by atoms with Crippen molar-refractivity contribution in [3.8, 4) is 16.9 Å². The number of nitrogens with one attached hydrogen (secondary N) is 1. The van der Waals surface area contributed by atoms with Crippen LogP contribution in [0.25, 0.3) is 11.1 Å². The fourth-order valence-corrected chi connectivity index (χ4v) is 3.20. The second kappa shape index (κ2) is 7.99. The van der Waals surface area contributed by atoms with Gasteiger partial charge >= 0.3 is 6.09 Å². The first kappa shape index (κ1) is 17.9. The van der Waals surface area contributed by atoms with Crippen molar-refractivity contribution in [1.29, 1.82) is 0 Å². The van der Waals surface area contributed by atoms with Crippen molar-refractivity contribution in [3.05, 3.63) is 53.8 Å². The molecule has 0 radical (unpaired) electrons. The highest BCUT2D eigenvalue weighted by molar-refractivity contribution is 5.94. The molecule has 0 unspecified atom stereocenters. The molecule has 3 rings (SSSR count). The fourth-order valence-electron chi connectivity index (χ4n) is 3.20. The summed E-state index contributed by atoms with van der Waals surface area (Å²) in [5.41, 5.74) is 6.27. The smallest absolute Gasteiger partial charge is 0.407 e. The van der Waals surface area contributed by atoms with Crippen LogP contribution in [-0.2, 0) is 0 Å². The zero-order valence-corrected chi connectivity index (χ0v) is 14.3. The highest BCUT2D eigenvalue weighted by atomic mass is 19.1. The highest BCUT2D eigenvalue weighted by Gasteiger charge is 2.19. The maximum atomic E-state index is 14.8. The number of carbonyl (C=O) groups is 2. The maximum Gasteiger partial charge on any atom is 0.412 e. The molecule has 0 aromatic heterocycles. The van der Waals surface area contributed by atoms with Gasteiger partial charge in [-0.15, -0.1) is 0 Å². The van der Waals surface area contributed by atoms with Crippen LogP contribution in [0.4, 0.5) is 9.18 Å². The van der Waals surface area contributed by atoms with E-state index < -0.39 is 17.8 Å². The van der Waals surface area contributed by atoms with E-state index in [4.69, 9.17) is 10.5 Å². The van der Waals surface area contributed by atoms with Crippen molar-refractivity contribution in [2.75, 3.05) is 0 Å². The quantitative estimate of drug-likeness (QED) is 0.868. The zero-order valence-electron chi connectivity index (χ0n) is 14.3. The van der Waals surface area contributed by atoms with E-state index in [-0.39, 0.29) is 22.9 Å². The third-order valence-electron chi connectivity index (χ3n) is 4.55. The van der Waals surface area contributed by atoms with Gasteiger partial charge in [-0.1, -0.05) is 43.5 Å². The molecule has 0 heterocycles. The molecule has 26 heavy (non-hydrogen) atoms. The van der Waals surface area contributed by atoms with Crippen LogP contribution in [0.5, 0.6) is 5.75 Å². The molecule has 1 aliphatic carbocycles. The van der Waals surface area contributed by atoms with Crippen LogP contribution >= 0.6 is 0 Å². The minimum atomic E-state index is -0.659. The number of hydrogen-bond acceptors (Lipinski definition) is 3. The number of carbonyl (C=O) groups excluding carboxylic acids is 2. The molecule has 0 spiro atoms. The molecule has 2 aromatic rings. The van der Waals surface area contributed by atoms with E-state index in [9.17, 15) is 14.0 Å². The Bertz CT molecular complexity index is 816. The number of halogens is 1. The normalized spacial score (nSPS) is 14.7. The van der Waals surface area contributed by atoms with Crippen LogP contribution in [0.15, 0.2) is 42.5 Å². The van der Waals surface area contributed by atoms with E-state index in [0.717, 1.165) is 25.7 Å². The summed E-state index contributed by atoms with van der Waals surface area (Å²) in [4.78, 5) is 23.4. The average molecular weight is 356 g/mol. The van der Waals surface area contributed by atoms with Crippen molar-refractivity contribution < 1.29 is 18.7 Å². The van der Waals surface area contributed by atoms with Gasteiger partial charge in [0.15, 0.2) is 11.6 Å². The first-order valence-electron chi connectivity index (χ1n) is 8.71. The van der Waals surface area contributed by atoms with Gasteiger partial charge in [0.25, 0.3) is 0 Å². The predicted octanol–water partition coefficient (Wildman–Crippen LogP) is 4.01. The van der Waals surface area contributed by atoms with Gasteiger partial charge in [-0.25, -0.2) is 9.18 Å². The number of hydrogen-bond donors (Lipinski definition) is 2. The van der Waals surface area contributed by atoms with Crippen LogP contribution in [-0.4, -0.2) is 18.0 Å². The number of benzene rings is 2. The van der Waals surface area contributed by atoms with Crippen molar-refractivity contribution >= 4 is 12.0 Å². The molecule has 5 nitrogen and oxygen atoms in total. The molecule has 0 saturated heterocycles. The topological polar surface area (TPSA) is 81.4 Å². The summed E-state index contributed by atoms with van der Waals surface area (Å²) in [6.07, 6.45) is 4.50. The Balaban J connectivity index is 1.77. The van der Waals surface area contributed by atoms with Gasteiger partial charge in [0, 0.05) is 17.2 Å². The van der Waals surface area contributed by atoms with Gasteiger partial charge < -0.3 is 15.8 Å². The Morgan fingerprint density at radius 3 is 2.54 bits per heavy atom. The van der Waals surface area contributed by atoms with Crippen LogP contribution in [0.1, 0.15) is 42.5 Å². The third kappa shape index (κ3) is 4.20. The van der Waals surface area contributed by atoms with Gasteiger partial charge in [-0.05, 0) is 36.6 Å². The average Bonchev–Trinajstić information content (AvgIpc) is 2.64. The van der Waals surface area contributed by atoms with E-state index in [1.54, 1.807) is 30.3 Å². The number of rotatable bonds is 4. The first-order valence-corrected chi connectivity index (χ1v) is 8.71. The van der Waals surface area contributed by atoms with Crippen molar-refractivity contribution in [2.45, 2.75) is 38.1 Å². The minimum Gasteiger partial charge on any atom is -0.407 e. The summed E-state index contributed by atoms with van der Waals surface area (Å²) < 4.78 is 20.0. The fraction of sp³-hybridized carbons (Fsp3) is 0.300. The SMILES string of the molecule is NC(=O)c1cccc(-c2cccc(OC(=O)NC3CCCCC3)c2F)c1. The monoisotopic (exact) mass is 356 g/mol. The molecule has 2 aromatic carbocycles. The Morgan fingerprint density at radius 1 is 1.08 bits per heavy atom. The third-order valence-corrected chi connectivity index (χ3v) is 4.55. The Hall–Kier alpha value is -2.89. The second-order valence-electron chi connectivity index (χ2n) is 6.43. The molecule has 2 amide bonds. The maximum absolute atomic E-state index is 14.8. The molecular weight excluding hydrogens is 335 g/mol. The van der Waals surface area contributed by atoms with Crippen LogP contribution in [0.3, 0.4) is 0 Å². The second-order valence-corrected chi connectivity index (χ2v) is 6.43. The van der Waals surface area contributed by atoms with Crippen molar-refractivity contribution in [3.63, 3.8) is 0 Å². The molecule has 1 aliphatic rings. The molecule has 0 bridgehead atoms. The number of primary amides is 1. The highest BCUT2D eigenvalue weighted by Crippen LogP contribution is 2.30. The van der Waals surface area contributed by atoms with E-state index in [2.05, 4.69) is 5.32 Å². The standard InChI is InChI=1S/C20H21FN2O3/c21-18-16(13-6-4-7-14(12-13)19(22)24)10-5-11-17(18)26-20(25)23-15-8-2-1-3-9-15/h4-7,10-12,15H,1-3,8-9H2,(H2,22,24)(H,23,25). The van der Waals surface area contributed by atoms with Crippen LogP contribution in [0.2, 0.25) is 0 Å². The molecule has 0 aliphatic heterocycles. The lowest BCUT2D eigenvalue weighted by molar-refractivity contribution is 0.1000. The summed E-state index contributed by atoms with van der Waals surface area (Å²) in [6.45, 7) is 0. The minimum absolute atomic E-state index is 0.0785. The molecule has 1 fully saturated rings. The van der Waals surface area contributed by atoms with Crippen LogP contribution < -0.4 is 15.8 Å². The molecule has 0 atom stereocenters. The van der Waals surface area contributed by atoms with E-state index >= 15 is 0 Å². The van der Waals surface area contributed by atoms with Gasteiger partial charge in [0.05, 0.1) is 0 Å². The lowest BCUT2D eigenvalue weighted by Gasteiger charge is -2.22. The lowest BCUT2D eigenvalue weighted by atomic mass is 9.96. The number of nitrogens with two attached hydrogens (primary N) is 1. The number of amides is 2. The van der Waals surface area contributed by atoms with Gasteiger partial charge in [-0.3, -0.25) is 4.79 Å².